The Labute approximate surface area is 121 Å². The highest BCUT2D eigenvalue weighted by molar-refractivity contribution is 7.87. The van der Waals surface area contributed by atoms with E-state index in [0.29, 0.717) is 14.7 Å². The van der Waals surface area contributed by atoms with E-state index in [0.717, 1.165) is 4.31 Å². The minimum atomic E-state index is -3.90. The summed E-state index contributed by atoms with van der Waals surface area (Å²) in [6, 6.07) is 8.33. The van der Waals surface area contributed by atoms with Crippen LogP contribution in [0.2, 0.25) is 5.02 Å². The van der Waals surface area contributed by atoms with Crippen LogP contribution < -0.4 is 0 Å². The van der Waals surface area contributed by atoms with Gasteiger partial charge in [0.05, 0.1) is 0 Å². The van der Waals surface area contributed by atoms with Crippen LogP contribution in [0, 0.1) is 11.3 Å². The first-order chi connectivity index (χ1) is 9.36. The SMILES string of the molecule is CN(C)S(=O)(=O)n1nc(-c2cccc(Cl)c2)nc1C#N. The maximum absolute atomic E-state index is 12.0. The van der Waals surface area contributed by atoms with Crippen LogP contribution in [0.25, 0.3) is 11.4 Å². The molecular weight excluding hydrogens is 302 g/mol. The molecule has 104 valence electrons. The molecule has 0 aliphatic rings. The van der Waals surface area contributed by atoms with Crippen molar-refractivity contribution < 1.29 is 8.42 Å². The second-order valence-electron chi connectivity index (χ2n) is 4.01. The van der Waals surface area contributed by atoms with Crippen molar-refractivity contribution in [1.82, 2.24) is 18.5 Å². The van der Waals surface area contributed by atoms with E-state index < -0.39 is 10.2 Å². The Bertz CT molecular complexity index is 791. The van der Waals surface area contributed by atoms with Crippen LogP contribution in [0.1, 0.15) is 5.82 Å². The molecule has 0 N–H and O–H groups in total. The molecule has 1 aromatic heterocycles. The summed E-state index contributed by atoms with van der Waals surface area (Å²) in [6.45, 7) is 0. The number of rotatable bonds is 3. The zero-order valence-electron chi connectivity index (χ0n) is 10.6. The van der Waals surface area contributed by atoms with Crippen molar-refractivity contribution in [3.8, 4) is 17.5 Å². The summed E-state index contributed by atoms with van der Waals surface area (Å²) in [4.78, 5) is 3.91. The lowest BCUT2D eigenvalue weighted by atomic mass is 10.2. The van der Waals surface area contributed by atoms with Gasteiger partial charge < -0.3 is 0 Å². The third-order valence-electron chi connectivity index (χ3n) is 2.44. The summed E-state index contributed by atoms with van der Waals surface area (Å²) < 4.78 is 25.6. The van der Waals surface area contributed by atoms with Gasteiger partial charge in [-0.3, -0.25) is 0 Å². The van der Waals surface area contributed by atoms with E-state index in [9.17, 15) is 8.42 Å². The number of benzene rings is 1. The van der Waals surface area contributed by atoms with Crippen molar-refractivity contribution in [1.29, 1.82) is 5.26 Å². The molecule has 2 aromatic rings. The van der Waals surface area contributed by atoms with Crippen molar-refractivity contribution in [2.45, 2.75) is 0 Å². The Morgan fingerprint density at radius 3 is 2.65 bits per heavy atom. The predicted octanol–water partition coefficient (Wildman–Crippen LogP) is 1.12. The van der Waals surface area contributed by atoms with Gasteiger partial charge in [-0.25, -0.2) is 0 Å². The Morgan fingerprint density at radius 1 is 1.40 bits per heavy atom. The van der Waals surface area contributed by atoms with E-state index in [1.807, 2.05) is 0 Å². The fourth-order valence-corrected chi connectivity index (χ4v) is 2.41. The summed E-state index contributed by atoms with van der Waals surface area (Å²) in [5, 5.41) is 13.3. The molecule has 0 amide bonds. The van der Waals surface area contributed by atoms with Crippen LogP contribution in [-0.4, -0.2) is 41.0 Å². The van der Waals surface area contributed by atoms with Crippen LogP contribution in [0.4, 0.5) is 0 Å². The first-order valence-corrected chi connectivity index (χ1v) is 7.20. The molecule has 7 nitrogen and oxygen atoms in total. The minimum absolute atomic E-state index is 0.120. The molecule has 0 saturated heterocycles. The summed E-state index contributed by atoms with van der Waals surface area (Å²) >= 11 is 5.86. The molecule has 1 aromatic carbocycles. The van der Waals surface area contributed by atoms with Gasteiger partial charge in [-0.05, 0) is 12.1 Å². The van der Waals surface area contributed by atoms with Crippen LogP contribution in [0.5, 0.6) is 0 Å². The maximum Gasteiger partial charge on any atom is 0.325 e. The average Bonchev–Trinajstić information content (AvgIpc) is 2.83. The highest BCUT2D eigenvalue weighted by Gasteiger charge is 2.24. The molecule has 0 radical (unpaired) electrons. The number of halogens is 1. The van der Waals surface area contributed by atoms with Crippen LogP contribution >= 0.6 is 11.6 Å². The second kappa shape index (κ2) is 5.20. The second-order valence-corrected chi connectivity index (χ2v) is 6.42. The number of nitrogens with zero attached hydrogens (tertiary/aromatic N) is 5. The normalized spacial score (nSPS) is 11.6. The van der Waals surface area contributed by atoms with Gasteiger partial charge in [-0.2, -0.15) is 23.0 Å². The fraction of sp³-hybridized carbons (Fsp3) is 0.182. The molecule has 0 spiro atoms. The van der Waals surface area contributed by atoms with Crippen LogP contribution in [0.3, 0.4) is 0 Å². The van der Waals surface area contributed by atoms with E-state index in [-0.39, 0.29) is 11.6 Å². The summed E-state index contributed by atoms with van der Waals surface area (Å²) in [7, 11) is -1.21. The van der Waals surface area contributed by atoms with Gasteiger partial charge in [0.1, 0.15) is 6.07 Å². The standard InChI is InChI=1S/C11H10ClN5O2S/c1-16(2)20(18,19)17-10(7-13)14-11(15-17)8-4-3-5-9(12)6-8/h3-6H,1-2H3. The Kier molecular flexibility index (Phi) is 3.76. The number of aromatic nitrogens is 3. The Morgan fingerprint density at radius 2 is 2.10 bits per heavy atom. The van der Waals surface area contributed by atoms with Gasteiger partial charge in [0, 0.05) is 24.7 Å². The van der Waals surface area contributed by atoms with Gasteiger partial charge in [0.25, 0.3) is 0 Å². The number of nitriles is 1. The van der Waals surface area contributed by atoms with Gasteiger partial charge >= 0.3 is 10.2 Å². The highest BCUT2D eigenvalue weighted by atomic mass is 35.5. The molecule has 0 aliphatic heterocycles. The third-order valence-corrected chi connectivity index (χ3v) is 4.29. The van der Waals surface area contributed by atoms with E-state index in [2.05, 4.69) is 10.1 Å². The Balaban J connectivity index is 2.62. The van der Waals surface area contributed by atoms with Crippen molar-refractivity contribution in [2.24, 2.45) is 0 Å². The fourth-order valence-electron chi connectivity index (χ4n) is 1.43. The lowest BCUT2D eigenvalue weighted by molar-refractivity contribution is 0.503. The predicted molar refractivity (Wildman–Crippen MR) is 73.2 cm³/mol. The quantitative estimate of drug-likeness (QED) is 0.847. The molecule has 0 unspecified atom stereocenters. The molecule has 0 bridgehead atoms. The summed E-state index contributed by atoms with van der Waals surface area (Å²) in [6.07, 6.45) is 0. The molecule has 0 atom stereocenters. The van der Waals surface area contributed by atoms with E-state index in [1.165, 1.54) is 14.1 Å². The zero-order chi connectivity index (χ0) is 14.9. The van der Waals surface area contributed by atoms with Crippen molar-refractivity contribution in [3.63, 3.8) is 0 Å². The van der Waals surface area contributed by atoms with Gasteiger partial charge in [-0.1, -0.05) is 23.7 Å². The van der Waals surface area contributed by atoms with Crippen molar-refractivity contribution >= 4 is 21.8 Å². The first-order valence-electron chi connectivity index (χ1n) is 5.42. The summed E-state index contributed by atoms with van der Waals surface area (Å²) in [5.74, 6) is -0.192. The minimum Gasteiger partial charge on any atom is -0.196 e. The van der Waals surface area contributed by atoms with Crippen molar-refractivity contribution in [2.75, 3.05) is 14.1 Å². The van der Waals surface area contributed by atoms with Crippen LogP contribution in [0.15, 0.2) is 24.3 Å². The summed E-state index contributed by atoms with van der Waals surface area (Å²) in [5.41, 5.74) is 0.529. The average molecular weight is 312 g/mol. The molecule has 9 heteroatoms. The zero-order valence-corrected chi connectivity index (χ0v) is 12.2. The van der Waals surface area contributed by atoms with E-state index in [1.54, 1.807) is 30.3 Å². The Hall–Kier alpha value is -1.95. The molecule has 1 heterocycles. The van der Waals surface area contributed by atoms with Gasteiger partial charge in [-0.15, -0.1) is 9.19 Å². The number of hydrogen-bond donors (Lipinski definition) is 0. The van der Waals surface area contributed by atoms with Gasteiger partial charge in [0.2, 0.25) is 5.82 Å². The first kappa shape index (κ1) is 14.5. The molecule has 2 rings (SSSR count). The monoisotopic (exact) mass is 311 g/mol. The largest absolute Gasteiger partial charge is 0.325 e. The lowest BCUT2D eigenvalue weighted by Gasteiger charge is -2.10. The molecular formula is C11H10ClN5O2S. The molecule has 0 fully saturated rings. The third kappa shape index (κ3) is 2.51. The molecule has 20 heavy (non-hydrogen) atoms. The molecule has 0 aliphatic carbocycles. The van der Waals surface area contributed by atoms with E-state index >= 15 is 0 Å². The maximum atomic E-state index is 12.0. The van der Waals surface area contributed by atoms with Gasteiger partial charge in [0.15, 0.2) is 5.82 Å². The highest BCUT2D eigenvalue weighted by Crippen LogP contribution is 2.20. The van der Waals surface area contributed by atoms with Crippen LogP contribution in [-0.2, 0) is 10.2 Å². The molecule has 0 saturated carbocycles. The van der Waals surface area contributed by atoms with Crippen molar-refractivity contribution in [3.05, 3.63) is 35.1 Å². The smallest absolute Gasteiger partial charge is 0.196 e. The topological polar surface area (TPSA) is 91.9 Å². The van der Waals surface area contributed by atoms with E-state index in [4.69, 9.17) is 16.9 Å². The number of hydrogen-bond acceptors (Lipinski definition) is 5. The lowest BCUT2D eigenvalue weighted by Crippen LogP contribution is -2.30.